The van der Waals surface area contributed by atoms with Gasteiger partial charge in [0.15, 0.2) is 17.5 Å². The lowest BCUT2D eigenvalue weighted by molar-refractivity contribution is -0.266. The van der Waals surface area contributed by atoms with Gasteiger partial charge < -0.3 is 14.8 Å². The summed E-state index contributed by atoms with van der Waals surface area (Å²) in [5.41, 5.74) is 8.30. The van der Waals surface area contributed by atoms with E-state index in [-0.39, 0.29) is 18.2 Å². The van der Waals surface area contributed by atoms with E-state index in [1.807, 2.05) is 6.26 Å². The van der Waals surface area contributed by atoms with Gasteiger partial charge in [-0.3, -0.25) is 4.79 Å². The fraction of sp³-hybridized carbons (Fsp3) is 0.571. The van der Waals surface area contributed by atoms with Gasteiger partial charge in [-0.05, 0) is 26.0 Å². The first-order valence-corrected chi connectivity index (χ1v) is 8.65. The fourth-order valence-electron chi connectivity index (χ4n) is 2.81. The number of aryl methyl sites for hydroxylation is 1. The fourth-order valence-corrected chi connectivity index (χ4v) is 3.23. The summed E-state index contributed by atoms with van der Waals surface area (Å²) >= 11 is 1.38. The summed E-state index contributed by atoms with van der Waals surface area (Å²) in [7, 11) is 0. The van der Waals surface area contributed by atoms with Crippen LogP contribution in [0.2, 0.25) is 0 Å². The van der Waals surface area contributed by atoms with Crippen LogP contribution in [-0.4, -0.2) is 52.6 Å². The summed E-state index contributed by atoms with van der Waals surface area (Å²) in [4.78, 5) is 36.3. The molecule has 1 fully saturated rings. The molecular formula is C14H18N6O3S. The first-order chi connectivity index (χ1) is 11.5. The van der Waals surface area contributed by atoms with E-state index in [9.17, 15) is 14.7 Å². The van der Waals surface area contributed by atoms with Crippen LogP contribution in [0.1, 0.15) is 40.5 Å². The van der Waals surface area contributed by atoms with Crippen LogP contribution in [0.15, 0.2) is 10.3 Å². The molecule has 0 unspecified atom stereocenters. The largest absolute Gasteiger partial charge is 0.530 e. The SMILES string of the molecule is CSc1nc(C)c(C(=O)CN=[N+]=N)c(C2CCN(C(=O)[O-])CC2)n1. The molecule has 0 atom stereocenters. The minimum absolute atomic E-state index is 0.0277. The van der Waals surface area contributed by atoms with Crippen LogP contribution < -0.4 is 10.0 Å². The van der Waals surface area contributed by atoms with Gasteiger partial charge in [0.25, 0.3) is 0 Å². The topological polar surface area (TPSA) is 137 Å². The first-order valence-electron chi connectivity index (χ1n) is 7.42. The van der Waals surface area contributed by atoms with Crippen molar-refractivity contribution in [1.82, 2.24) is 19.8 Å². The number of ketones is 1. The van der Waals surface area contributed by atoms with Gasteiger partial charge in [-0.2, -0.15) is 0 Å². The van der Waals surface area contributed by atoms with Crippen LogP contribution >= 0.6 is 11.8 Å². The predicted molar refractivity (Wildman–Crippen MR) is 84.0 cm³/mol. The number of nitrogens with one attached hydrogen (secondary N) is 1. The number of hydrogen-bond acceptors (Lipinski definition) is 8. The summed E-state index contributed by atoms with van der Waals surface area (Å²) in [6.45, 7) is 2.22. The van der Waals surface area contributed by atoms with E-state index in [1.165, 1.54) is 16.7 Å². The molecule has 0 bridgehead atoms. The van der Waals surface area contributed by atoms with Crippen molar-refractivity contribution in [2.45, 2.75) is 30.8 Å². The lowest BCUT2D eigenvalue weighted by Crippen LogP contribution is -2.45. The number of amides is 1. The molecular weight excluding hydrogens is 332 g/mol. The Kier molecular flexibility index (Phi) is 5.99. The second-order valence-corrected chi connectivity index (χ2v) is 6.18. The van der Waals surface area contributed by atoms with Crippen molar-refractivity contribution in [2.75, 3.05) is 25.9 Å². The average Bonchev–Trinajstić information content (AvgIpc) is 2.58. The quantitative estimate of drug-likeness (QED) is 0.274. The second kappa shape index (κ2) is 7.98. The molecule has 1 amide bonds. The van der Waals surface area contributed by atoms with Crippen molar-refractivity contribution < 1.29 is 14.7 Å². The third-order valence-electron chi connectivity index (χ3n) is 3.98. The third-order valence-corrected chi connectivity index (χ3v) is 4.53. The highest BCUT2D eigenvalue weighted by atomic mass is 32.2. The summed E-state index contributed by atoms with van der Waals surface area (Å²) in [5.74, 6) is -0.312. The van der Waals surface area contributed by atoms with Crippen LogP contribution in [-0.2, 0) is 0 Å². The molecule has 2 rings (SSSR count). The zero-order chi connectivity index (χ0) is 17.7. The highest BCUT2D eigenvalue weighted by Gasteiger charge is 2.28. The standard InChI is InChI=1S/C14H18N6O3S/c1-8-11(10(21)7-16-19-15)12(18-13(17-8)24-2)9-3-5-20(6-4-9)14(22)23/h9,15H,3-7H2,1-2H3. The number of rotatable bonds is 5. The van der Waals surface area contributed by atoms with E-state index in [1.54, 1.807) is 6.92 Å². The summed E-state index contributed by atoms with van der Waals surface area (Å²) in [5, 5.41) is 14.9. The number of nitrogens with zero attached hydrogens (tertiary/aromatic N) is 5. The summed E-state index contributed by atoms with van der Waals surface area (Å²) in [6, 6.07) is 0. The van der Waals surface area contributed by atoms with Gasteiger partial charge >= 0.3 is 0 Å². The van der Waals surface area contributed by atoms with Gasteiger partial charge in [0.1, 0.15) is 16.7 Å². The average molecular weight is 350 g/mol. The molecule has 9 nitrogen and oxygen atoms in total. The van der Waals surface area contributed by atoms with Crippen molar-refractivity contribution in [3.63, 3.8) is 0 Å². The lowest BCUT2D eigenvalue weighted by atomic mass is 9.89. The molecule has 1 aliphatic heterocycles. The Labute approximate surface area is 143 Å². The highest BCUT2D eigenvalue weighted by Crippen LogP contribution is 2.31. The normalized spacial score (nSPS) is 15.0. The maximum Gasteiger partial charge on any atom is 0.214 e. The summed E-state index contributed by atoms with van der Waals surface area (Å²) in [6.07, 6.45) is 1.81. The zero-order valence-corrected chi connectivity index (χ0v) is 14.3. The molecule has 10 heteroatoms. The maximum atomic E-state index is 12.4. The predicted octanol–water partition coefficient (Wildman–Crippen LogP) is 0.763. The number of carbonyl (C=O) groups excluding carboxylic acids is 2. The molecule has 1 N–H and O–H groups in total. The van der Waals surface area contributed by atoms with E-state index in [4.69, 9.17) is 5.53 Å². The molecule has 2 heterocycles. The Bertz CT molecular complexity index is 696. The molecule has 0 aliphatic carbocycles. The Morgan fingerprint density at radius 1 is 1.42 bits per heavy atom. The first kappa shape index (κ1) is 18.0. The van der Waals surface area contributed by atoms with E-state index < -0.39 is 6.09 Å². The van der Waals surface area contributed by atoms with E-state index in [0.29, 0.717) is 48.0 Å². The van der Waals surface area contributed by atoms with Crippen LogP contribution in [0.3, 0.4) is 0 Å². The zero-order valence-electron chi connectivity index (χ0n) is 13.5. The van der Waals surface area contributed by atoms with Crippen LogP contribution in [0.25, 0.3) is 0 Å². The number of carboxylic acid groups (broad SMARTS) is 1. The lowest BCUT2D eigenvalue weighted by Gasteiger charge is -2.34. The van der Waals surface area contributed by atoms with Crippen molar-refractivity contribution in [1.29, 1.82) is 5.53 Å². The number of Topliss-reactive ketones (excluding diaryl/α,β-unsaturated/α-hetero) is 1. The molecule has 24 heavy (non-hydrogen) atoms. The number of piperidine rings is 1. The number of likely N-dealkylation sites (tertiary alicyclic amines) is 1. The van der Waals surface area contributed by atoms with Crippen LogP contribution in [0, 0.1) is 12.5 Å². The second-order valence-electron chi connectivity index (χ2n) is 5.41. The van der Waals surface area contributed by atoms with Gasteiger partial charge in [-0.15, -0.1) is 0 Å². The van der Waals surface area contributed by atoms with Gasteiger partial charge in [0, 0.05) is 19.0 Å². The molecule has 1 saturated heterocycles. The van der Waals surface area contributed by atoms with Gasteiger partial charge in [0.2, 0.25) is 4.91 Å². The van der Waals surface area contributed by atoms with Crippen molar-refractivity contribution >= 4 is 23.6 Å². The minimum atomic E-state index is -1.18. The van der Waals surface area contributed by atoms with Crippen molar-refractivity contribution in [2.24, 2.45) is 5.11 Å². The van der Waals surface area contributed by atoms with Crippen LogP contribution in [0.5, 0.6) is 0 Å². The molecule has 0 aromatic carbocycles. The Morgan fingerprint density at radius 2 is 2.08 bits per heavy atom. The van der Waals surface area contributed by atoms with E-state index in [2.05, 4.69) is 20.0 Å². The van der Waals surface area contributed by atoms with Crippen LogP contribution in [0.4, 0.5) is 4.79 Å². The molecule has 0 saturated carbocycles. The summed E-state index contributed by atoms with van der Waals surface area (Å²) < 4.78 is 0. The molecule has 128 valence electrons. The van der Waals surface area contributed by atoms with E-state index in [0.717, 1.165) is 0 Å². The minimum Gasteiger partial charge on any atom is -0.530 e. The van der Waals surface area contributed by atoms with E-state index >= 15 is 0 Å². The molecule has 0 spiro atoms. The van der Waals surface area contributed by atoms with Gasteiger partial charge in [-0.25, -0.2) is 9.97 Å². The molecule has 1 aliphatic rings. The van der Waals surface area contributed by atoms with Gasteiger partial charge in [0.05, 0.1) is 17.0 Å². The number of thioether (sulfide) groups is 1. The van der Waals surface area contributed by atoms with Crippen molar-refractivity contribution in [3.8, 4) is 0 Å². The Morgan fingerprint density at radius 3 is 2.62 bits per heavy atom. The maximum absolute atomic E-state index is 12.4. The molecule has 0 radical (unpaired) electrons. The molecule has 1 aromatic heterocycles. The number of carbonyl (C=O) groups is 2. The van der Waals surface area contributed by atoms with Gasteiger partial charge in [-0.1, -0.05) is 11.8 Å². The molecule has 1 aromatic rings. The monoisotopic (exact) mass is 350 g/mol. The Hall–Kier alpha value is -2.32. The third kappa shape index (κ3) is 3.95. The van der Waals surface area contributed by atoms with Crippen molar-refractivity contribution in [3.05, 3.63) is 17.0 Å². The highest BCUT2D eigenvalue weighted by molar-refractivity contribution is 7.98. The smallest absolute Gasteiger partial charge is 0.214 e. The number of hydrogen-bond donors (Lipinski definition) is 1. The number of aromatic nitrogens is 2. The Balaban J connectivity index is 2.36.